The summed E-state index contributed by atoms with van der Waals surface area (Å²) in [4.78, 5) is 2.78. The first kappa shape index (κ1) is 12.1. The maximum Gasteiger partial charge on any atom is 0.0820 e. The van der Waals surface area contributed by atoms with Crippen molar-refractivity contribution in [2.75, 3.05) is 0 Å². The van der Waals surface area contributed by atoms with Gasteiger partial charge in [-0.15, -0.1) is 0 Å². The zero-order valence-electron chi connectivity index (χ0n) is 9.59. The largest absolute Gasteiger partial charge is 0.392 e. The van der Waals surface area contributed by atoms with E-state index in [1.165, 1.54) is 5.57 Å². The maximum absolute atomic E-state index is 10.0. The Morgan fingerprint density at radius 1 is 1.67 bits per heavy atom. The molecule has 15 heavy (non-hydrogen) atoms. The van der Waals surface area contributed by atoms with Crippen molar-refractivity contribution in [3.05, 3.63) is 22.1 Å². The van der Waals surface area contributed by atoms with Crippen LogP contribution in [0.25, 0.3) is 10.4 Å². The van der Waals surface area contributed by atoms with Crippen LogP contribution >= 0.6 is 0 Å². The smallest absolute Gasteiger partial charge is 0.0820 e. The van der Waals surface area contributed by atoms with Crippen LogP contribution in [-0.2, 0) is 0 Å². The molecule has 3 atom stereocenters. The van der Waals surface area contributed by atoms with Gasteiger partial charge in [0.1, 0.15) is 0 Å². The Morgan fingerprint density at radius 2 is 2.33 bits per heavy atom. The number of nitrogens with zero attached hydrogens (tertiary/aromatic N) is 3. The summed E-state index contributed by atoms with van der Waals surface area (Å²) < 4.78 is 0. The van der Waals surface area contributed by atoms with E-state index in [0.29, 0.717) is 5.92 Å². The van der Waals surface area contributed by atoms with Gasteiger partial charge in [0.25, 0.3) is 0 Å². The fraction of sp³-hybridized carbons (Fsp3) is 0.818. The zero-order chi connectivity index (χ0) is 11.4. The van der Waals surface area contributed by atoms with Crippen molar-refractivity contribution in [3.63, 3.8) is 0 Å². The molecule has 0 fully saturated rings. The molecule has 0 aromatic carbocycles. The lowest BCUT2D eigenvalue weighted by molar-refractivity contribution is 0.0766. The van der Waals surface area contributed by atoms with Crippen molar-refractivity contribution >= 4 is 0 Å². The van der Waals surface area contributed by atoms with Crippen LogP contribution in [0.15, 0.2) is 16.8 Å². The molecule has 0 saturated carbocycles. The van der Waals surface area contributed by atoms with Crippen LogP contribution < -0.4 is 0 Å². The highest BCUT2D eigenvalue weighted by atomic mass is 16.3. The number of rotatable bonds is 3. The molecule has 0 spiro atoms. The number of aliphatic hydroxyl groups is 1. The maximum atomic E-state index is 10.0. The summed E-state index contributed by atoms with van der Waals surface area (Å²) >= 11 is 0. The average Bonchev–Trinajstić information content (AvgIpc) is 2.12. The first-order chi connectivity index (χ1) is 7.04. The molecule has 1 rings (SSSR count). The van der Waals surface area contributed by atoms with Gasteiger partial charge >= 0.3 is 0 Å². The van der Waals surface area contributed by atoms with Gasteiger partial charge in [-0.05, 0) is 37.1 Å². The molecule has 0 aliphatic heterocycles. The molecule has 0 bridgehead atoms. The van der Waals surface area contributed by atoms with Crippen molar-refractivity contribution < 1.29 is 5.11 Å². The summed E-state index contributed by atoms with van der Waals surface area (Å²) in [6, 6.07) is -0.382. The molecule has 4 nitrogen and oxygen atoms in total. The van der Waals surface area contributed by atoms with Crippen molar-refractivity contribution in [2.24, 2.45) is 17.0 Å². The van der Waals surface area contributed by atoms with Gasteiger partial charge in [0.15, 0.2) is 0 Å². The summed E-state index contributed by atoms with van der Waals surface area (Å²) in [5.74, 6) is 0.785. The second-order valence-electron chi connectivity index (χ2n) is 4.79. The lowest BCUT2D eigenvalue weighted by atomic mass is 9.80. The zero-order valence-corrected chi connectivity index (χ0v) is 9.59. The first-order valence-electron chi connectivity index (χ1n) is 5.44. The van der Waals surface area contributed by atoms with Crippen molar-refractivity contribution in [1.82, 2.24) is 0 Å². The molecule has 0 radical (unpaired) electrons. The van der Waals surface area contributed by atoms with E-state index in [4.69, 9.17) is 5.53 Å². The minimum Gasteiger partial charge on any atom is -0.392 e. The lowest BCUT2D eigenvalue weighted by Crippen LogP contribution is -2.35. The normalized spacial score (nSPS) is 31.0. The quantitative estimate of drug-likeness (QED) is 0.330. The van der Waals surface area contributed by atoms with E-state index in [0.717, 1.165) is 12.8 Å². The van der Waals surface area contributed by atoms with Crippen LogP contribution in [0.1, 0.15) is 33.6 Å². The van der Waals surface area contributed by atoms with Crippen LogP contribution in [0.3, 0.4) is 0 Å². The van der Waals surface area contributed by atoms with Gasteiger partial charge in [-0.2, -0.15) is 0 Å². The average molecular weight is 209 g/mol. The highest BCUT2D eigenvalue weighted by molar-refractivity contribution is 5.13. The molecule has 4 heteroatoms. The molecule has 0 aromatic heterocycles. The van der Waals surface area contributed by atoms with E-state index >= 15 is 0 Å². The molecule has 1 N–H and O–H groups in total. The monoisotopic (exact) mass is 209 g/mol. The number of hydrogen-bond donors (Lipinski definition) is 1. The predicted molar refractivity (Wildman–Crippen MR) is 60.3 cm³/mol. The molecule has 0 heterocycles. The summed E-state index contributed by atoms with van der Waals surface area (Å²) in [6.45, 7) is 6.31. The van der Waals surface area contributed by atoms with E-state index < -0.39 is 6.10 Å². The standard InChI is InChI=1S/C11H19N3O/c1-7(2)4-9-5-8(3)6-10(11(9)15)13-14-12/h6-7,9-11,15H,4-5H2,1-3H3/t9-,10-,11-/m0/s1. The Hall–Kier alpha value is -0.990. The Balaban J connectivity index is 2.77. The van der Waals surface area contributed by atoms with Gasteiger partial charge in [0.2, 0.25) is 0 Å². The fourth-order valence-electron chi connectivity index (χ4n) is 2.26. The highest BCUT2D eigenvalue weighted by Crippen LogP contribution is 2.31. The lowest BCUT2D eigenvalue weighted by Gasteiger charge is -2.32. The predicted octanol–water partition coefficient (Wildman–Crippen LogP) is 3.04. The van der Waals surface area contributed by atoms with Crippen molar-refractivity contribution in [2.45, 2.75) is 45.8 Å². The molecule has 0 saturated heterocycles. The topological polar surface area (TPSA) is 69.0 Å². The highest BCUT2D eigenvalue weighted by Gasteiger charge is 2.30. The summed E-state index contributed by atoms with van der Waals surface area (Å²) in [5.41, 5.74) is 9.62. The van der Waals surface area contributed by atoms with Gasteiger partial charge < -0.3 is 5.11 Å². The van der Waals surface area contributed by atoms with E-state index in [1.54, 1.807) is 0 Å². The Kier molecular flexibility index (Phi) is 4.18. The second kappa shape index (κ2) is 5.19. The molecule has 0 unspecified atom stereocenters. The fourth-order valence-corrected chi connectivity index (χ4v) is 2.26. The number of azide groups is 1. The first-order valence-corrected chi connectivity index (χ1v) is 5.44. The van der Waals surface area contributed by atoms with Gasteiger partial charge in [0, 0.05) is 4.91 Å². The molecule has 1 aliphatic carbocycles. The Bertz CT molecular complexity index is 292. The van der Waals surface area contributed by atoms with Gasteiger partial charge in [-0.3, -0.25) is 0 Å². The van der Waals surface area contributed by atoms with Crippen LogP contribution in [0.4, 0.5) is 0 Å². The van der Waals surface area contributed by atoms with Crippen LogP contribution in [0, 0.1) is 11.8 Å². The molecule has 0 amide bonds. The van der Waals surface area contributed by atoms with Crippen molar-refractivity contribution in [1.29, 1.82) is 0 Å². The third-order valence-corrected chi connectivity index (χ3v) is 2.83. The van der Waals surface area contributed by atoms with Crippen molar-refractivity contribution in [3.8, 4) is 0 Å². The summed E-state index contributed by atoms with van der Waals surface area (Å²) in [7, 11) is 0. The second-order valence-corrected chi connectivity index (χ2v) is 4.79. The van der Waals surface area contributed by atoms with Crippen LogP contribution in [0.5, 0.6) is 0 Å². The van der Waals surface area contributed by atoms with Gasteiger partial charge in [0.05, 0.1) is 12.1 Å². The SMILES string of the molecule is CC1=C[C@H](N=[N+]=[N-])[C@@H](O)[C@@H](CC(C)C)C1. The van der Waals surface area contributed by atoms with Gasteiger partial charge in [-0.25, -0.2) is 0 Å². The van der Waals surface area contributed by atoms with E-state index in [2.05, 4.69) is 23.9 Å². The van der Waals surface area contributed by atoms with E-state index in [1.807, 2.05) is 13.0 Å². The third kappa shape index (κ3) is 3.26. The molecule has 84 valence electrons. The summed E-state index contributed by atoms with van der Waals surface area (Å²) in [5, 5.41) is 13.6. The molecular formula is C11H19N3O. The number of aliphatic hydroxyl groups excluding tert-OH is 1. The number of allylic oxidation sites excluding steroid dienone is 1. The van der Waals surface area contributed by atoms with E-state index in [9.17, 15) is 5.11 Å². The summed E-state index contributed by atoms with van der Waals surface area (Å²) in [6.07, 6.45) is 3.24. The Labute approximate surface area is 90.6 Å². The van der Waals surface area contributed by atoms with Crippen LogP contribution in [0.2, 0.25) is 0 Å². The third-order valence-electron chi connectivity index (χ3n) is 2.83. The molecule has 1 aliphatic rings. The number of hydrogen-bond acceptors (Lipinski definition) is 2. The van der Waals surface area contributed by atoms with E-state index in [-0.39, 0.29) is 12.0 Å². The minimum atomic E-state index is -0.521. The molecular weight excluding hydrogens is 190 g/mol. The van der Waals surface area contributed by atoms with Crippen LogP contribution in [-0.4, -0.2) is 17.3 Å². The van der Waals surface area contributed by atoms with Gasteiger partial charge in [-0.1, -0.05) is 30.6 Å². The molecule has 0 aromatic rings. The Morgan fingerprint density at radius 3 is 2.87 bits per heavy atom. The minimum absolute atomic E-state index is 0.227.